The van der Waals surface area contributed by atoms with Gasteiger partial charge in [-0.15, -0.1) is 11.6 Å². The maximum Gasteiger partial charge on any atom is 0.233 e. The lowest BCUT2D eigenvalue weighted by atomic mass is 10.2. The van der Waals surface area contributed by atoms with E-state index < -0.39 is 10.0 Å². The number of anilines is 1. The lowest BCUT2D eigenvalue weighted by Crippen LogP contribution is -2.22. The zero-order chi connectivity index (χ0) is 14.5. The molecular formula is C13H20ClNO3S. The quantitative estimate of drug-likeness (QED) is 0.788. The average Bonchev–Trinajstić information content (AvgIpc) is 2.32. The Kier molecular flexibility index (Phi) is 5.94. The number of benzene rings is 1. The van der Waals surface area contributed by atoms with Crippen molar-refractivity contribution >= 4 is 27.3 Å². The predicted molar refractivity (Wildman–Crippen MR) is 79.6 cm³/mol. The third-order valence-corrected chi connectivity index (χ3v) is 4.54. The van der Waals surface area contributed by atoms with E-state index in [1.165, 1.54) is 0 Å². The molecule has 0 aliphatic rings. The van der Waals surface area contributed by atoms with Crippen LogP contribution in [0.2, 0.25) is 0 Å². The highest BCUT2D eigenvalue weighted by molar-refractivity contribution is 7.92. The molecule has 0 bridgehead atoms. The first-order valence-corrected chi connectivity index (χ1v) is 8.36. The Bertz CT molecular complexity index is 517. The topological polar surface area (TPSA) is 55.4 Å². The van der Waals surface area contributed by atoms with Crippen molar-refractivity contribution in [3.8, 4) is 5.75 Å². The van der Waals surface area contributed by atoms with Gasteiger partial charge >= 0.3 is 0 Å². The van der Waals surface area contributed by atoms with Crippen LogP contribution in [0.1, 0.15) is 19.4 Å². The molecule has 19 heavy (non-hydrogen) atoms. The van der Waals surface area contributed by atoms with Gasteiger partial charge in [0.15, 0.2) is 0 Å². The van der Waals surface area contributed by atoms with E-state index in [1.54, 1.807) is 13.0 Å². The summed E-state index contributed by atoms with van der Waals surface area (Å²) in [5.74, 6) is 0.757. The highest BCUT2D eigenvalue weighted by Crippen LogP contribution is 2.27. The number of nitrogens with one attached hydrogen (secondary N) is 1. The zero-order valence-corrected chi connectivity index (χ0v) is 13.0. The predicted octanol–water partition coefficient (Wildman–Crippen LogP) is 3.01. The van der Waals surface area contributed by atoms with Crippen LogP contribution in [0, 0.1) is 12.8 Å². The summed E-state index contributed by atoms with van der Waals surface area (Å²) >= 11 is 5.65. The van der Waals surface area contributed by atoms with Gasteiger partial charge in [-0.3, -0.25) is 4.72 Å². The highest BCUT2D eigenvalue weighted by atomic mass is 35.5. The van der Waals surface area contributed by atoms with Crippen LogP contribution in [0.15, 0.2) is 18.2 Å². The number of sulfonamides is 1. The van der Waals surface area contributed by atoms with Crippen molar-refractivity contribution in [3.05, 3.63) is 23.8 Å². The molecule has 0 aliphatic carbocycles. The van der Waals surface area contributed by atoms with E-state index in [4.69, 9.17) is 16.3 Å². The molecule has 108 valence electrons. The van der Waals surface area contributed by atoms with Gasteiger partial charge in [-0.1, -0.05) is 13.0 Å². The molecule has 6 heteroatoms. The molecule has 1 atom stereocenters. The fraction of sp³-hybridized carbons (Fsp3) is 0.538. The zero-order valence-electron chi connectivity index (χ0n) is 11.4. The summed E-state index contributed by atoms with van der Waals surface area (Å²) in [6.07, 6.45) is 0. The molecule has 1 N–H and O–H groups in total. The SMILES string of the molecule is CCOc1cc(C)ccc1NS(=O)(=O)CC(C)CCl. The van der Waals surface area contributed by atoms with E-state index >= 15 is 0 Å². The molecule has 0 heterocycles. The third-order valence-electron chi connectivity index (χ3n) is 2.47. The standard InChI is InChI=1S/C13H20ClNO3S/c1-4-18-13-7-10(2)5-6-12(13)15-19(16,17)9-11(3)8-14/h5-7,11,15H,4,8-9H2,1-3H3. The number of ether oxygens (including phenoxy) is 1. The average molecular weight is 306 g/mol. The van der Waals surface area contributed by atoms with Gasteiger partial charge in [-0.25, -0.2) is 8.42 Å². The number of aryl methyl sites for hydroxylation is 1. The van der Waals surface area contributed by atoms with Gasteiger partial charge in [0, 0.05) is 5.88 Å². The Morgan fingerprint density at radius 1 is 1.42 bits per heavy atom. The van der Waals surface area contributed by atoms with E-state index in [9.17, 15) is 8.42 Å². The van der Waals surface area contributed by atoms with E-state index in [-0.39, 0.29) is 11.7 Å². The van der Waals surface area contributed by atoms with Crippen LogP contribution in [0.4, 0.5) is 5.69 Å². The minimum atomic E-state index is -3.41. The Morgan fingerprint density at radius 2 is 2.11 bits per heavy atom. The summed E-state index contributed by atoms with van der Waals surface area (Å²) in [5, 5.41) is 0. The van der Waals surface area contributed by atoms with Gasteiger partial charge < -0.3 is 4.74 Å². The first-order chi connectivity index (χ1) is 8.88. The van der Waals surface area contributed by atoms with E-state index in [2.05, 4.69) is 4.72 Å². The fourth-order valence-electron chi connectivity index (χ4n) is 1.62. The molecule has 0 amide bonds. The normalized spacial score (nSPS) is 13.1. The Balaban J connectivity index is 2.92. The van der Waals surface area contributed by atoms with Crippen LogP contribution in [0.5, 0.6) is 5.75 Å². The maximum absolute atomic E-state index is 12.0. The van der Waals surface area contributed by atoms with Gasteiger partial charge in [0.2, 0.25) is 10.0 Å². The van der Waals surface area contributed by atoms with Gasteiger partial charge in [0.05, 0.1) is 18.0 Å². The van der Waals surface area contributed by atoms with Gasteiger partial charge in [0.1, 0.15) is 5.75 Å². The summed E-state index contributed by atoms with van der Waals surface area (Å²) < 4.78 is 32.0. The third kappa shape index (κ3) is 5.28. The molecule has 0 aromatic heterocycles. The molecule has 0 aliphatic heterocycles. The fourth-order valence-corrected chi connectivity index (χ4v) is 3.31. The molecule has 1 aromatic rings. The van der Waals surface area contributed by atoms with Crippen molar-refractivity contribution in [2.24, 2.45) is 5.92 Å². The van der Waals surface area contributed by atoms with E-state index in [0.717, 1.165) is 5.56 Å². The lowest BCUT2D eigenvalue weighted by molar-refractivity contribution is 0.342. The van der Waals surface area contributed by atoms with Crippen molar-refractivity contribution in [2.75, 3.05) is 23.0 Å². The van der Waals surface area contributed by atoms with Crippen LogP contribution in [-0.4, -0.2) is 26.7 Å². The molecule has 0 saturated carbocycles. The van der Waals surface area contributed by atoms with Gasteiger partial charge in [-0.2, -0.15) is 0 Å². The minimum Gasteiger partial charge on any atom is -0.492 e. The lowest BCUT2D eigenvalue weighted by Gasteiger charge is -2.15. The largest absolute Gasteiger partial charge is 0.492 e. The van der Waals surface area contributed by atoms with E-state index in [0.29, 0.717) is 23.9 Å². The second-order valence-corrected chi connectivity index (χ2v) is 6.65. The summed E-state index contributed by atoms with van der Waals surface area (Å²) in [6.45, 7) is 6.06. The van der Waals surface area contributed by atoms with Crippen molar-refractivity contribution in [1.82, 2.24) is 0 Å². The molecule has 0 radical (unpaired) electrons. The first kappa shape index (κ1) is 16.1. The molecular weight excluding hydrogens is 286 g/mol. The molecule has 0 spiro atoms. The van der Waals surface area contributed by atoms with Crippen LogP contribution in [0.3, 0.4) is 0 Å². The summed E-state index contributed by atoms with van der Waals surface area (Å²) in [4.78, 5) is 0. The van der Waals surface area contributed by atoms with Crippen molar-refractivity contribution in [3.63, 3.8) is 0 Å². The van der Waals surface area contributed by atoms with Crippen LogP contribution >= 0.6 is 11.6 Å². The van der Waals surface area contributed by atoms with Crippen LogP contribution in [0.25, 0.3) is 0 Å². The second-order valence-electron chi connectivity index (χ2n) is 4.58. The number of hydrogen-bond donors (Lipinski definition) is 1. The Hall–Kier alpha value is -0.940. The number of alkyl halides is 1. The maximum atomic E-state index is 12.0. The molecule has 1 rings (SSSR count). The smallest absolute Gasteiger partial charge is 0.233 e. The minimum absolute atomic E-state index is 0.00403. The summed E-state index contributed by atoms with van der Waals surface area (Å²) in [5.41, 5.74) is 1.48. The number of hydrogen-bond acceptors (Lipinski definition) is 3. The Labute approximate surface area is 120 Å². The molecule has 0 saturated heterocycles. The van der Waals surface area contributed by atoms with E-state index in [1.807, 2.05) is 26.0 Å². The van der Waals surface area contributed by atoms with Gasteiger partial charge in [-0.05, 0) is 37.5 Å². The molecule has 1 aromatic carbocycles. The number of rotatable bonds is 7. The summed E-state index contributed by atoms with van der Waals surface area (Å²) in [6, 6.07) is 5.36. The first-order valence-electron chi connectivity index (χ1n) is 6.18. The molecule has 1 unspecified atom stereocenters. The second kappa shape index (κ2) is 7.01. The number of halogens is 1. The van der Waals surface area contributed by atoms with Crippen LogP contribution < -0.4 is 9.46 Å². The molecule has 4 nitrogen and oxygen atoms in total. The van der Waals surface area contributed by atoms with Crippen molar-refractivity contribution in [1.29, 1.82) is 0 Å². The van der Waals surface area contributed by atoms with Gasteiger partial charge in [0.25, 0.3) is 0 Å². The van der Waals surface area contributed by atoms with Crippen molar-refractivity contribution < 1.29 is 13.2 Å². The highest BCUT2D eigenvalue weighted by Gasteiger charge is 2.17. The Morgan fingerprint density at radius 3 is 2.68 bits per heavy atom. The summed E-state index contributed by atoms with van der Waals surface area (Å²) in [7, 11) is -3.41. The molecule has 0 fully saturated rings. The van der Waals surface area contributed by atoms with Crippen LogP contribution in [-0.2, 0) is 10.0 Å². The monoisotopic (exact) mass is 305 g/mol. The van der Waals surface area contributed by atoms with Crippen molar-refractivity contribution in [2.45, 2.75) is 20.8 Å².